The maximum atomic E-state index is 12.4. The van der Waals surface area contributed by atoms with Gasteiger partial charge in [-0.3, -0.25) is 0 Å². The molecule has 1 aromatic carbocycles. The second kappa shape index (κ2) is 10.3. The first-order valence-electron chi connectivity index (χ1n) is 11.3. The van der Waals surface area contributed by atoms with E-state index in [1.54, 1.807) is 32.9 Å². The second-order valence-electron chi connectivity index (χ2n) is 8.97. The van der Waals surface area contributed by atoms with Crippen molar-refractivity contribution < 1.29 is 43.2 Å². The molecule has 0 bridgehead atoms. The Balaban J connectivity index is 1.61. The summed E-state index contributed by atoms with van der Waals surface area (Å²) in [5, 5.41) is 36.0. The molecular formula is C25H29NO10. The van der Waals surface area contributed by atoms with Gasteiger partial charge >= 0.3 is 5.63 Å². The van der Waals surface area contributed by atoms with E-state index in [4.69, 9.17) is 27.9 Å². The fourth-order valence-electron chi connectivity index (χ4n) is 4.39. The number of aliphatic hydroxyl groups is 2. The predicted molar refractivity (Wildman–Crippen MR) is 127 cm³/mol. The first-order chi connectivity index (χ1) is 17.1. The molecule has 3 aromatic rings. The largest absolute Gasteiger partial charge is 0.480 e. The first kappa shape index (κ1) is 25.7. The number of methoxy groups -OCH3 is 1. The van der Waals surface area contributed by atoms with Crippen molar-refractivity contribution in [2.45, 2.75) is 64.0 Å². The van der Waals surface area contributed by atoms with Gasteiger partial charge in [-0.05, 0) is 50.6 Å². The molecule has 0 spiro atoms. The summed E-state index contributed by atoms with van der Waals surface area (Å²) >= 11 is 0. The predicted octanol–water partition coefficient (Wildman–Crippen LogP) is 2.40. The highest BCUT2D eigenvalue weighted by atomic mass is 16.7. The average molecular weight is 504 g/mol. The summed E-state index contributed by atoms with van der Waals surface area (Å²) in [6.45, 7) is 5.26. The van der Waals surface area contributed by atoms with Crippen LogP contribution in [0, 0.1) is 6.92 Å². The lowest BCUT2D eigenvalue weighted by molar-refractivity contribution is -0.306. The SMILES string of the molecule is CO[C@@H]1[C@H](O)[C@@H](O)[C@H](Oc2ccc3c(=O)oc(O)c(CC=NOCc4ccco4)c3c2C)OC1(C)C. The smallest absolute Gasteiger partial charge is 0.346 e. The minimum atomic E-state index is -1.40. The lowest BCUT2D eigenvalue weighted by atomic mass is 9.89. The molecule has 11 heteroatoms. The van der Waals surface area contributed by atoms with Crippen molar-refractivity contribution in [2.75, 3.05) is 7.11 Å². The number of benzene rings is 1. The van der Waals surface area contributed by atoms with E-state index in [1.165, 1.54) is 31.7 Å². The fourth-order valence-corrected chi connectivity index (χ4v) is 4.39. The molecule has 4 rings (SSSR count). The number of hydrogen-bond donors (Lipinski definition) is 3. The van der Waals surface area contributed by atoms with Crippen LogP contribution in [0.1, 0.15) is 30.7 Å². The summed E-state index contributed by atoms with van der Waals surface area (Å²) in [5.74, 6) is 0.322. The molecule has 0 saturated carbocycles. The van der Waals surface area contributed by atoms with Gasteiger partial charge in [0.2, 0.25) is 6.29 Å². The molecule has 0 radical (unpaired) electrons. The van der Waals surface area contributed by atoms with Crippen LogP contribution in [0.5, 0.6) is 11.7 Å². The van der Waals surface area contributed by atoms with E-state index in [-0.39, 0.29) is 24.2 Å². The van der Waals surface area contributed by atoms with Crippen LogP contribution in [-0.4, -0.2) is 58.8 Å². The van der Waals surface area contributed by atoms with Crippen molar-refractivity contribution >= 4 is 17.0 Å². The number of rotatable bonds is 8. The number of furan rings is 1. The van der Waals surface area contributed by atoms with E-state index in [0.29, 0.717) is 22.3 Å². The minimum absolute atomic E-state index is 0.0817. The Morgan fingerprint density at radius 2 is 1.97 bits per heavy atom. The second-order valence-corrected chi connectivity index (χ2v) is 8.97. The van der Waals surface area contributed by atoms with E-state index in [0.717, 1.165) is 0 Å². The van der Waals surface area contributed by atoms with Crippen LogP contribution < -0.4 is 10.4 Å². The Morgan fingerprint density at radius 1 is 1.19 bits per heavy atom. The number of oxime groups is 1. The molecular weight excluding hydrogens is 474 g/mol. The summed E-state index contributed by atoms with van der Waals surface area (Å²) in [7, 11) is 1.42. The summed E-state index contributed by atoms with van der Waals surface area (Å²) in [5.41, 5.74) is -0.893. The van der Waals surface area contributed by atoms with Crippen LogP contribution in [0.3, 0.4) is 0 Å². The highest BCUT2D eigenvalue weighted by molar-refractivity contribution is 5.92. The normalized spacial score (nSPS) is 23.8. The highest BCUT2D eigenvalue weighted by Gasteiger charge is 2.50. The van der Waals surface area contributed by atoms with E-state index in [2.05, 4.69) is 5.16 Å². The number of aliphatic hydroxyl groups excluding tert-OH is 2. The van der Waals surface area contributed by atoms with Crippen LogP contribution >= 0.6 is 0 Å². The Hall–Kier alpha value is -3.38. The lowest BCUT2D eigenvalue weighted by Gasteiger charge is -2.46. The van der Waals surface area contributed by atoms with Crippen LogP contribution in [0.25, 0.3) is 10.8 Å². The van der Waals surface area contributed by atoms with E-state index in [9.17, 15) is 20.1 Å². The van der Waals surface area contributed by atoms with Crippen LogP contribution in [0.15, 0.2) is 49.3 Å². The first-order valence-corrected chi connectivity index (χ1v) is 11.3. The third-order valence-corrected chi connectivity index (χ3v) is 6.16. The zero-order valence-corrected chi connectivity index (χ0v) is 20.3. The Kier molecular flexibility index (Phi) is 7.36. The van der Waals surface area contributed by atoms with Crippen molar-refractivity contribution in [1.29, 1.82) is 0 Å². The zero-order chi connectivity index (χ0) is 26.0. The van der Waals surface area contributed by atoms with E-state index >= 15 is 0 Å². The highest BCUT2D eigenvalue weighted by Crippen LogP contribution is 2.36. The third-order valence-electron chi connectivity index (χ3n) is 6.16. The maximum Gasteiger partial charge on any atom is 0.346 e. The number of aromatic hydroxyl groups is 1. The van der Waals surface area contributed by atoms with Gasteiger partial charge in [-0.15, -0.1) is 0 Å². The number of fused-ring (bicyclic) bond motifs is 1. The van der Waals surface area contributed by atoms with E-state index < -0.39 is 41.8 Å². The molecule has 1 aliphatic rings. The zero-order valence-electron chi connectivity index (χ0n) is 20.3. The molecule has 194 valence electrons. The van der Waals surface area contributed by atoms with Crippen molar-refractivity contribution in [2.24, 2.45) is 5.16 Å². The van der Waals surface area contributed by atoms with Crippen molar-refractivity contribution in [3.05, 3.63) is 57.8 Å². The molecule has 1 aliphatic heterocycles. The molecule has 0 amide bonds. The molecule has 0 unspecified atom stereocenters. The summed E-state index contributed by atoms with van der Waals surface area (Å²) < 4.78 is 27.3. The van der Waals surface area contributed by atoms with Crippen LogP contribution in [-0.2, 0) is 27.3 Å². The molecule has 1 fully saturated rings. The monoisotopic (exact) mass is 503 g/mol. The molecule has 1 saturated heterocycles. The topological polar surface area (TPSA) is 153 Å². The van der Waals surface area contributed by atoms with Gasteiger partial charge in [0.15, 0.2) is 6.61 Å². The number of aryl methyl sites for hydroxylation is 1. The lowest BCUT2D eigenvalue weighted by Crippen LogP contribution is -2.63. The summed E-state index contributed by atoms with van der Waals surface area (Å²) in [6, 6.07) is 6.50. The van der Waals surface area contributed by atoms with Gasteiger partial charge in [0.1, 0.15) is 29.8 Å². The Bertz CT molecular complexity index is 1280. The number of hydrogen-bond acceptors (Lipinski definition) is 11. The average Bonchev–Trinajstić information content (AvgIpc) is 3.34. The van der Waals surface area contributed by atoms with Gasteiger partial charge in [-0.1, -0.05) is 5.16 Å². The van der Waals surface area contributed by atoms with Gasteiger partial charge < -0.3 is 43.2 Å². The van der Waals surface area contributed by atoms with E-state index in [1.807, 2.05) is 0 Å². The van der Waals surface area contributed by atoms with Gasteiger partial charge in [0, 0.05) is 30.7 Å². The van der Waals surface area contributed by atoms with Crippen molar-refractivity contribution in [3.63, 3.8) is 0 Å². The van der Waals surface area contributed by atoms with Gasteiger partial charge in [-0.25, -0.2) is 4.79 Å². The van der Waals surface area contributed by atoms with Gasteiger partial charge in [-0.2, -0.15) is 0 Å². The van der Waals surface area contributed by atoms with Gasteiger partial charge in [0.05, 0.1) is 17.3 Å². The quantitative estimate of drug-likeness (QED) is 0.308. The minimum Gasteiger partial charge on any atom is -0.480 e. The molecule has 2 aromatic heterocycles. The fraction of sp³-hybridized carbons (Fsp3) is 0.440. The number of ether oxygens (including phenoxy) is 3. The molecule has 4 atom stereocenters. The van der Waals surface area contributed by atoms with Gasteiger partial charge in [0.25, 0.3) is 5.95 Å². The molecule has 36 heavy (non-hydrogen) atoms. The van der Waals surface area contributed by atoms with Crippen molar-refractivity contribution in [1.82, 2.24) is 0 Å². The standard InChI is InChI=1S/C25H29NO10/c1-13-17(34-24-20(28)19(27)21(31-4)25(2,3)36-24)8-7-15-18(13)16(23(30)35-22(15)29)9-10-26-33-12-14-6-5-11-32-14/h5-8,10-11,19-21,24,27-28,30H,9,12H2,1-4H3/t19-,20-,21-,24-/m1/s1. The maximum absolute atomic E-state index is 12.4. The molecule has 0 aliphatic carbocycles. The summed E-state index contributed by atoms with van der Waals surface area (Å²) in [4.78, 5) is 17.6. The number of nitrogens with zero attached hydrogens (tertiary/aromatic N) is 1. The third kappa shape index (κ3) is 4.96. The molecule has 3 N–H and O–H groups in total. The Morgan fingerprint density at radius 3 is 2.67 bits per heavy atom. The Labute approximate surface area is 206 Å². The molecule has 11 nitrogen and oxygen atoms in total. The molecule has 3 heterocycles. The van der Waals surface area contributed by atoms with Crippen LogP contribution in [0.2, 0.25) is 0 Å². The summed E-state index contributed by atoms with van der Waals surface area (Å²) in [6.07, 6.45) is -1.62. The van der Waals surface area contributed by atoms with Crippen LogP contribution in [0.4, 0.5) is 0 Å². The van der Waals surface area contributed by atoms with Crippen molar-refractivity contribution in [3.8, 4) is 11.7 Å².